The highest BCUT2D eigenvalue weighted by atomic mass is 19.1. The second-order valence-electron chi connectivity index (χ2n) is 6.10. The van der Waals surface area contributed by atoms with Crippen LogP contribution in [0.1, 0.15) is 50.2 Å². The van der Waals surface area contributed by atoms with Gasteiger partial charge in [-0.05, 0) is 67.8 Å². The van der Waals surface area contributed by atoms with Crippen LogP contribution in [0.25, 0.3) is 0 Å². The van der Waals surface area contributed by atoms with Crippen molar-refractivity contribution in [2.45, 2.75) is 46.0 Å². The van der Waals surface area contributed by atoms with Crippen LogP contribution in [0.15, 0.2) is 18.2 Å². The number of halogens is 1. The first kappa shape index (κ1) is 14.5. The molecule has 2 rings (SSSR count). The van der Waals surface area contributed by atoms with Gasteiger partial charge in [0.1, 0.15) is 5.82 Å². The zero-order chi connectivity index (χ0) is 13.8. The average Bonchev–Trinajstić information content (AvgIpc) is 2.40. The summed E-state index contributed by atoms with van der Waals surface area (Å²) in [4.78, 5) is 0. The van der Waals surface area contributed by atoms with Crippen LogP contribution >= 0.6 is 0 Å². The molecule has 1 aliphatic rings. The van der Waals surface area contributed by atoms with Crippen LogP contribution in [0.2, 0.25) is 0 Å². The van der Waals surface area contributed by atoms with E-state index in [1.54, 1.807) is 6.07 Å². The van der Waals surface area contributed by atoms with Crippen molar-refractivity contribution in [1.82, 2.24) is 5.32 Å². The third kappa shape index (κ3) is 3.56. The van der Waals surface area contributed by atoms with Gasteiger partial charge in [-0.1, -0.05) is 32.4 Å². The number of aryl methyl sites for hydroxylation is 1. The van der Waals surface area contributed by atoms with Crippen molar-refractivity contribution in [1.29, 1.82) is 0 Å². The molecule has 1 saturated carbocycles. The van der Waals surface area contributed by atoms with Gasteiger partial charge in [-0.2, -0.15) is 0 Å². The Balaban J connectivity index is 2.18. The number of hydrogen-bond donors (Lipinski definition) is 1. The van der Waals surface area contributed by atoms with Crippen LogP contribution in [0, 0.1) is 24.6 Å². The fourth-order valence-corrected chi connectivity index (χ4v) is 3.27. The normalized spacial score (nSPS) is 27.5. The fraction of sp³-hybridized carbons (Fsp3) is 0.647. The molecule has 1 aromatic carbocycles. The van der Waals surface area contributed by atoms with Crippen molar-refractivity contribution in [2.24, 2.45) is 11.8 Å². The molecule has 3 unspecified atom stereocenters. The van der Waals surface area contributed by atoms with E-state index in [0.29, 0.717) is 11.8 Å². The molecule has 1 nitrogen and oxygen atoms in total. The molecule has 1 aliphatic carbocycles. The lowest BCUT2D eigenvalue weighted by molar-refractivity contribution is 0.242. The fourth-order valence-electron chi connectivity index (χ4n) is 3.27. The van der Waals surface area contributed by atoms with E-state index >= 15 is 0 Å². The molecule has 1 aromatic rings. The molecule has 0 amide bonds. The second kappa shape index (κ2) is 6.51. The Kier molecular flexibility index (Phi) is 4.98. The molecule has 1 fully saturated rings. The van der Waals surface area contributed by atoms with E-state index in [4.69, 9.17) is 0 Å². The van der Waals surface area contributed by atoms with Crippen molar-refractivity contribution in [3.8, 4) is 0 Å². The zero-order valence-electron chi connectivity index (χ0n) is 12.4. The van der Waals surface area contributed by atoms with E-state index in [1.807, 2.05) is 13.0 Å². The molecule has 0 saturated heterocycles. The van der Waals surface area contributed by atoms with E-state index in [2.05, 4.69) is 25.2 Å². The lowest BCUT2D eigenvalue weighted by Gasteiger charge is -2.35. The quantitative estimate of drug-likeness (QED) is 0.855. The summed E-state index contributed by atoms with van der Waals surface area (Å²) in [5.74, 6) is 1.86. The third-order valence-corrected chi connectivity index (χ3v) is 4.54. The smallest absolute Gasteiger partial charge is 0.126 e. The maximum Gasteiger partial charge on any atom is 0.126 e. The molecule has 19 heavy (non-hydrogen) atoms. The van der Waals surface area contributed by atoms with Gasteiger partial charge < -0.3 is 5.32 Å². The van der Waals surface area contributed by atoms with Gasteiger partial charge in [0.2, 0.25) is 0 Å². The van der Waals surface area contributed by atoms with Gasteiger partial charge in [-0.15, -0.1) is 0 Å². The van der Waals surface area contributed by atoms with E-state index in [0.717, 1.165) is 24.6 Å². The Morgan fingerprint density at radius 1 is 1.32 bits per heavy atom. The average molecular weight is 263 g/mol. The highest BCUT2D eigenvalue weighted by molar-refractivity contribution is 5.27. The molecule has 0 aromatic heterocycles. The molecule has 0 radical (unpaired) electrons. The Hall–Kier alpha value is -0.890. The minimum atomic E-state index is -0.0575. The predicted molar refractivity (Wildman–Crippen MR) is 78.9 cm³/mol. The SMILES string of the molecule is CCNCC1CCC(C)CC1c1ccc(C)c(F)c1. The van der Waals surface area contributed by atoms with Crippen LogP contribution in [-0.2, 0) is 0 Å². The first-order valence-electron chi connectivity index (χ1n) is 7.58. The highest BCUT2D eigenvalue weighted by Gasteiger charge is 2.29. The van der Waals surface area contributed by atoms with E-state index in [-0.39, 0.29) is 5.82 Å². The summed E-state index contributed by atoms with van der Waals surface area (Å²) in [7, 11) is 0. The Morgan fingerprint density at radius 2 is 2.11 bits per heavy atom. The summed E-state index contributed by atoms with van der Waals surface area (Å²) < 4.78 is 13.8. The monoisotopic (exact) mass is 263 g/mol. The minimum absolute atomic E-state index is 0.0575. The van der Waals surface area contributed by atoms with Crippen molar-refractivity contribution in [2.75, 3.05) is 13.1 Å². The van der Waals surface area contributed by atoms with Crippen LogP contribution in [0.5, 0.6) is 0 Å². The molecule has 0 heterocycles. The van der Waals surface area contributed by atoms with Crippen molar-refractivity contribution >= 4 is 0 Å². The van der Waals surface area contributed by atoms with E-state index in [9.17, 15) is 4.39 Å². The first-order valence-corrected chi connectivity index (χ1v) is 7.58. The Labute approximate surface area is 116 Å². The van der Waals surface area contributed by atoms with Gasteiger partial charge in [0.15, 0.2) is 0 Å². The molecule has 3 atom stereocenters. The maximum absolute atomic E-state index is 13.8. The number of benzene rings is 1. The van der Waals surface area contributed by atoms with Crippen molar-refractivity contribution in [3.63, 3.8) is 0 Å². The predicted octanol–water partition coefficient (Wildman–Crippen LogP) is 4.26. The minimum Gasteiger partial charge on any atom is -0.317 e. The summed E-state index contributed by atoms with van der Waals surface area (Å²) in [5.41, 5.74) is 1.94. The molecular weight excluding hydrogens is 237 g/mol. The number of rotatable bonds is 4. The lowest BCUT2D eigenvalue weighted by Crippen LogP contribution is -2.31. The topological polar surface area (TPSA) is 12.0 Å². The lowest BCUT2D eigenvalue weighted by atomic mass is 9.71. The molecule has 106 valence electrons. The van der Waals surface area contributed by atoms with Crippen LogP contribution in [0.3, 0.4) is 0 Å². The second-order valence-corrected chi connectivity index (χ2v) is 6.10. The number of hydrogen-bond acceptors (Lipinski definition) is 1. The maximum atomic E-state index is 13.8. The highest BCUT2D eigenvalue weighted by Crippen LogP contribution is 2.40. The van der Waals surface area contributed by atoms with Crippen LogP contribution in [0.4, 0.5) is 4.39 Å². The van der Waals surface area contributed by atoms with E-state index < -0.39 is 0 Å². The Bertz CT molecular complexity index is 414. The number of nitrogens with one attached hydrogen (secondary N) is 1. The summed E-state index contributed by atoms with van der Waals surface area (Å²) in [6.07, 6.45) is 3.76. The molecule has 1 N–H and O–H groups in total. The van der Waals surface area contributed by atoms with Crippen molar-refractivity contribution in [3.05, 3.63) is 35.1 Å². The van der Waals surface area contributed by atoms with Gasteiger partial charge >= 0.3 is 0 Å². The summed E-state index contributed by atoms with van der Waals surface area (Å²) >= 11 is 0. The van der Waals surface area contributed by atoms with Gasteiger partial charge in [0.25, 0.3) is 0 Å². The molecule has 2 heteroatoms. The zero-order valence-corrected chi connectivity index (χ0v) is 12.4. The standard InChI is InChI=1S/C17H26FN/c1-4-19-11-15-7-5-12(2)9-16(15)14-8-6-13(3)17(18)10-14/h6,8,10,12,15-16,19H,4-5,7,9,11H2,1-3H3. The van der Waals surface area contributed by atoms with Crippen LogP contribution < -0.4 is 5.32 Å². The summed E-state index contributed by atoms with van der Waals surface area (Å²) in [6, 6.07) is 5.81. The summed E-state index contributed by atoms with van der Waals surface area (Å²) in [5, 5.41) is 3.46. The molecule has 0 bridgehead atoms. The van der Waals surface area contributed by atoms with Gasteiger partial charge in [0, 0.05) is 0 Å². The summed E-state index contributed by atoms with van der Waals surface area (Å²) in [6.45, 7) is 8.37. The molecule has 0 spiro atoms. The largest absolute Gasteiger partial charge is 0.317 e. The molecule has 0 aliphatic heterocycles. The first-order chi connectivity index (χ1) is 9.11. The van der Waals surface area contributed by atoms with Gasteiger partial charge in [-0.3, -0.25) is 0 Å². The van der Waals surface area contributed by atoms with Crippen LogP contribution in [-0.4, -0.2) is 13.1 Å². The van der Waals surface area contributed by atoms with Gasteiger partial charge in [-0.25, -0.2) is 4.39 Å². The third-order valence-electron chi connectivity index (χ3n) is 4.54. The van der Waals surface area contributed by atoms with E-state index in [1.165, 1.54) is 24.8 Å². The van der Waals surface area contributed by atoms with Crippen molar-refractivity contribution < 1.29 is 4.39 Å². The molecular formula is C17H26FN. The Morgan fingerprint density at radius 3 is 2.79 bits per heavy atom. The van der Waals surface area contributed by atoms with Gasteiger partial charge in [0.05, 0.1) is 0 Å².